The standard InChI is InChI=1S/C13H16F2N2O3/c1-7-6-20-9(5-18)4-17(7)13(19)10-2-8(14)3-11(16)12(10)15/h2-3,7,9,18H,4-6,16H2,1H3. The molecule has 3 N–H and O–H groups in total. The Hall–Kier alpha value is -1.73. The number of carbonyl (C=O) groups is 1. The van der Waals surface area contributed by atoms with Gasteiger partial charge in [-0.2, -0.15) is 0 Å². The first-order valence-electron chi connectivity index (χ1n) is 6.22. The Labute approximate surface area is 114 Å². The molecule has 7 heteroatoms. The number of amides is 1. The third-order valence-electron chi connectivity index (χ3n) is 3.27. The highest BCUT2D eigenvalue weighted by Gasteiger charge is 2.31. The van der Waals surface area contributed by atoms with E-state index >= 15 is 0 Å². The lowest BCUT2D eigenvalue weighted by atomic mass is 10.1. The molecule has 1 aliphatic heterocycles. The first-order chi connectivity index (χ1) is 9.43. The molecule has 0 saturated carbocycles. The smallest absolute Gasteiger partial charge is 0.257 e. The largest absolute Gasteiger partial charge is 0.396 e. The highest BCUT2D eigenvalue weighted by atomic mass is 19.1. The van der Waals surface area contributed by atoms with E-state index in [0.29, 0.717) is 0 Å². The molecule has 0 spiro atoms. The van der Waals surface area contributed by atoms with Gasteiger partial charge < -0.3 is 20.5 Å². The molecular formula is C13H16F2N2O3. The van der Waals surface area contributed by atoms with E-state index in [2.05, 4.69) is 0 Å². The summed E-state index contributed by atoms with van der Waals surface area (Å²) in [6.07, 6.45) is -0.524. The number of nitrogens with two attached hydrogens (primary N) is 1. The number of nitrogens with zero attached hydrogens (tertiary/aromatic N) is 1. The van der Waals surface area contributed by atoms with Gasteiger partial charge in [0.15, 0.2) is 5.82 Å². The van der Waals surface area contributed by atoms with Gasteiger partial charge in [-0.1, -0.05) is 0 Å². The zero-order valence-electron chi connectivity index (χ0n) is 11.0. The summed E-state index contributed by atoms with van der Waals surface area (Å²) >= 11 is 0. The van der Waals surface area contributed by atoms with Gasteiger partial charge in [0, 0.05) is 6.54 Å². The number of hydrogen-bond donors (Lipinski definition) is 2. The summed E-state index contributed by atoms with van der Waals surface area (Å²) in [5.41, 5.74) is 4.51. The van der Waals surface area contributed by atoms with Crippen LogP contribution in [-0.4, -0.2) is 47.8 Å². The molecule has 1 aromatic carbocycles. The minimum absolute atomic E-state index is 0.117. The lowest BCUT2D eigenvalue weighted by Gasteiger charge is -2.37. The maximum Gasteiger partial charge on any atom is 0.257 e. The highest BCUT2D eigenvalue weighted by Crippen LogP contribution is 2.22. The van der Waals surface area contributed by atoms with Crippen LogP contribution in [0, 0.1) is 11.6 Å². The molecule has 0 aliphatic carbocycles. The summed E-state index contributed by atoms with van der Waals surface area (Å²) < 4.78 is 32.5. The van der Waals surface area contributed by atoms with E-state index in [-0.39, 0.29) is 25.8 Å². The average molecular weight is 286 g/mol. The molecule has 0 aromatic heterocycles. The number of hydrogen-bond acceptors (Lipinski definition) is 4. The van der Waals surface area contributed by atoms with Crippen LogP contribution in [0.5, 0.6) is 0 Å². The second-order valence-corrected chi connectivity index (χ2v) is 4.80. The molecular weight excluding hydrogens is 270 g/mol. The fourth-order valence-electron chi connectivity index (χ4n) is 2.13. The van der Waals surface area contributed by atoms with Gasteiger partial charge in [-0.25, -0.2) is 8.78 Å². The number of anilines is 1. The maximum absolute atomic E-state index is 13.9. The predicted molar refractivity (Wildman–Crippen MR) is 68.1 cm³/mol. The van der Waals surface area contributed by atoms with Crippen LogP contribution >= 0.6 is 0 Å². The van der Waals surface area contributed by atoms with Gasteiger partial charge in [0.05, 0.1) is 36.6 Å². The van der Waals surface area contributed by atoms with Crippen molar-refractivity contribution in [1.29, 1.82) is 0 Å². The summed E-state index contributed by atoms with van der Waals surface area (Å²) in [6.45, 7) is 1.83. The topological polar surface area (TPSA) is 75.8 Å². The molecule has 1 amide bonds. The molecule has 1 aliphatic rings. The van der Waals surface area contributed by atoms with Crippen LogP contribution in [0.15, 0.2) is 12.1 Å². The number of nitrogen functional groups attached to an aromatic ring is 1. The van der Waals surface area contributed by atoms with Gasteiger partial charge >= 0.3 is 0 Å². The van der Waals surface area contributed by atoms with E-state index in [1.54, 1.807) is 6.92 Å². The van der Waals surface area contributed by atoms with E-state index in [4.69, 9.17) is 15.6 Å². The normalized spacial score (nSPS) is 22.9. The van der Waals surface area contributed by atoms with Gasteiger partial charge in [-0.3, -0.25) is 4.79 Å². The molecule has 1 aromatic rings. The minimum atomic E-state index is -0.935. The van der Waals surface area contributed by atoms with E-state index < -0.39 is 34.9 Å². The number of benzene rings is 1. The highest BCUT2D eigenvalue weighted by molar-refractivity contribution is 5.95. The van der Waals surface area contributed by atoms with Crippen molar-refractivity contribution in [2.45, 2.75) is 19.1 Å². The minimum Gasteiger partial charge on any atom is -0.396 e. The fraction of sp³-hybridized carbons (Fsp3) is 0.462. The molecule has 1 saturated heterocycles. The Morgan fingerprint density at radius 2 is 2.25 bits per heavy atom. The second kappa shape index (κ2) is 5.72. The van der Waals surface area contributed by atoms with Crippen LogP contribution in [0.4, 0.5) is 14.5 Å². The van der Waals surface area contributed by atoms with Crippen molar-refractivity contribution in [3.05, 3.63) is 29.3 Å². The first-order valence-corrected chi connectivity index (χ1v) is 6.22. The van der Waals surface area contributed by atoms with Crippen LogP contribution in [0.2, 0.25) is 0 Å². The lowest BCUT2D eigenvalue weighted by Crippen LogP contribution is -2.52. The van der Waals surface area contributed by atoms with Gasteiger partial charge in [0.25, 0.3) is 5.91 Å². The van der Waals surface area contributed by atoms with Crippen molar-refractivity contribution in [1.82, 2.24) is 4.90 Å². The molecule has 5 nitrogen and oxygen atoms in total. The Balaban J connectivity index is 2.30. The summed E-state index contributed by atoms with van der Waals surface area (Å²) in [7, 11) is 0. The molecule has 20 heavy (non-hydrogen) atoms. The van der Waals surface area contributed by atoms with Crippen molar-refractivity contribution in [3.8, 4) is 0 Å². The van der Waals surface area contributed by atoms with E-state index in [1.165, 1.54) is 4.90 Å². The number of halogens is 2. The van der Waals surface area contributed by atoms with Gasteiger partial charge in [0.1, 0.15) is 5.82 Å². The molecule has 0 bridgehead atoms. The third-order valence-corrected chi connectivity index (χ3v) is 3.27. The van der Waals surface area contributed by atoms with E-state index in [1.807, 2.05) is 0 Å². The monoisotopic (exact) mass is 286 g/mol. The zero-order valence-corrected chi connectivity index (χ0v) is 11.0. The summed E-state index contributed by atoms with van der Waals surface area (Å²) in [5.74, 6) is -2.37. The third kappa shape index (κ3) is 2.73. The molecule has 1 heterocycles. The molecule has 110 valence electrons. The SMILES string of the molecule is CC1COC(CO)CN1C(=O)c1cc(F)cc(N)c1F. The zero-order chi connectivity index (χ0) is 14.9. The summed E-state index contributed by atoms with van der Waals surface area (Å²) in [4.78, 5) is 13.7. The van der Waals surface area contributed by atoms with Crippen LogP contribution in [0.3, 0.4) is 0 Å². The maximum atomic E-state index is 13.9. The van der Waals surface area contributed by atoms with Crippen molar-refractivity contribution in [2.75, 3.05) is 25.5 Å². The van der Waals surface area contributed by atoms with Crippen molar-refractivity contribution in [3.63, 3.8) is 0 Å². The predicted octanol–water partition coefficient (Wildman–Crippen LogP) is 0.769. The Bertz CT molecular complexity index is 525. The van der Waals surface area contributed by atoms with Crippen LogP contribution < -0.4 is 5.73 Å². The first kappa shape index (κ1) is 14.7. The van der Waals surface area contributed by atoms with Crippen molar-refractivity contribution >= 4 is 11.6 Å². The quantitative estimate of drug-likeness (QED) is 0.787. The van der Waals surface area contributed by atoms with Gasteiger partial charge in [-0.05, 0) is 19.1 Å². The Kier molecular flexibility index (Phi) is 4.20. The number of aliphatic hydroxyl groups excluding tert-OH is 1. The number of rotatable bonds is 2. The van der Waals surface area contributed by atoms with Crippen LogP contribution in [0.1, 0.15) is 17.3 Å². The van der Waals surface area contributed by atoms with Crippen LogP contribution in [-0.2, 0) is 4.74 Å². The van der Waals surface area contributed by atoms with Gasteiger partial charge in [-0.15, -0.1) is 0 Å². The van der Waals surface area contributed by atoms with Crippen molar-refractivity contribution < 1.29 is 23.4 Å². The number of carbonyl (C=O) groups excluding carboxylic acids is 1. The molecule has 0 radical (unpaired) electrons. The lowest BCUT2D eigenvalue weighted by molar-refractivity contribution is -0.0668. The molecule has 1 fully saturated rings. The van der Waals surface area contributed by atoms with Crippen molar-refractivity contribution in [2.24, 2.45) is 0 Å². The number of morpholine rings is 1. The summed E-state index contributed by atoms with van der Waals surface area (Å²) in [5, 5.41) is 9.07. The van der Waals surface area contributed by atoms with Gasteiger partial charge in [0.2, 0.25) is 0 Å². The number of aliphatic hydroxyl groups is 1. The fourth-order valence-corrected chi connectivity index (χ4v) is 2.13. The van der Waals surface area contributed by atoms with E-state index in [9.17, 15) is 13.6 Å². The molecule has 2 unspecified atom stereocenters. The van der Waals surface area contributed by atoms with E-state index in [0.717, 1.165) is 12.1 Å². The average Bonchev–Trinajstić information content (AvgIpc) is 2.42. The number of ether oxygens (including phenoxy) is 1. The Morgan fingerprint density at radius 1 is 1.55 bits per heavy atom. The summed E-state index contributed by atoms with van der Waals surface area (Å²) in [6, 6.07) is 1.35. The second-order valence-electron chi connectivity index (χ2n) is 4.80. The molecule has 2 rings (SSSR count). The Morgan fingerprint density at radius 3 is 2.90 bits per heavy atom. The van der Waals surface area contributed by atoms with Crippen LogP contribution in [0.25, 0.3) is 0 Å². The molecule has 2 atom stereocenters.